The number of aromatic nitrogens is 1. The first-order chi connectivity index (χ1) is 17.3. The third kappa shape index (κ3) is 5.44. The molecule has 0 spiro atoms. The summed E-state index contributed by atoms with van der Waals surface area (Å²) in [5.41, 5.74) is 1.55. The Morgan fingerprint density at radius 3 is 2.72 bits per heavy atom. The maximum Gasteiger partial charge on any atom is 0.309 e. The molecule has 188 valence electrons. The van der Waals surface area contributed by atoms with Crippen LogP contribution in [0.5, 0.6) is 5.75 Å². The van der Waals surface area contributed by atoms with E-state index >= 15 is 0 Å². The van der Waals surface area contributed by atoms with Crippen molar-refractivity contribution in [1.82, 2.24) is 9.88 Å². The van der Waals surface area contributed by atoms with E-state index in [4.69, 9.17) is 9.84 Å². The maximum atomic E-state index is 14.6. The summed E-state index contributed by atoms with van der Waals surface area (Å²) in [6, 6.07) is 10.3. The van der Waals surface area contributed by atoms with Crippen molar-refractivity contribution in [3.05, 3.63) is 42.1 Å². The van der Waals surface area contributed by atoms with Crippen LogP contribution < -0.4 is 10.1 Å². The average molecular weight is 496 g/mol. The second-order valence-corrected chi connectivity index (χ2v) is 8.67. The number of methoxy groups -OCH3 is 1. The number of amides is 2. The number of ether oxygens (including phenoxy) is 2. The highest BCUT2D eigenvalue weighted by atomic mass is 19.1. The summed E-state index contributed by atoms with van der Waals surface area (Å²) in [7, 11) is 1.28. The van der Waals surface area contributed by atoms with Crippen molar-refractivity contribution in [3.8, 4) is 22.9 Å². The Labute approximate surface area is 206 Å². The van der Waals surface area contributed by atoms with Crippen LogP contribution in [-0.2, 0) is 19.1 Å². The number of likely N-dealkylation sites (tertiary alicyclic amines) is 1. The number of aliphatic hydroxyl groups is 1. The molecule has 11 heteroatoms. The molecule has 1 aromatic heterocycles. The zero-order chi connectivity index (χ0) is 25.8. The predicted molar refractivity (Wildman–Crippen MR) is 124 cm³/mol. The third-order valence-corrected chi connectivity index (χ3v) is 6.32. The van der Waals surface area contributed by atoms with Crippen LogP contribution >= 0.6 is 0 Å². The summed E-state index contributed by atoms with van der Waals surface area (Å²) in [6.07, 6.45) is -0.116. The number of rotatable bonds is 7. The van der Waals surface area contributed by atoms with E-state index in [1.807, 2.05) is 0 Å². The second-order valence-electron chi connectivity index (χ2n) is 8.67. The number of nitriles is 1. The molecule has 2 aliphatic rings. The minimum Gasteiger partial charge on any atom is -0.486 e. The van der Waals surface area contributed by atoms with Crippen LogP contribution in [0.3, 0.4) is 0 Å². The van der Waals surface area contributed by atoms with Crippen molar-refractivity contribution in [2.24, 2.45) is 11.8 Å². The first-order valence-corrected chi connectivity index (χ1v) is 11.4. The molecule has 10 nitrogen and oxygen atoms in total. The van der Waals surface area contributed by atoms with Crippen LogP contribution in [0.15, 0.2) is 36.5 Å². The van der Waals surface area contributed by atoms with Gasteiger partial charge in [-0.25, -0.2) is 9.37 Å². The standard InChI is InChI=1S/C25H25FN4O6/c1-35-25(34)18-10-17(18)24(33)29-22-9-15(4-6-28-22)14-2-3-20(16(8-14)11-27)36-21-5-7-30(12-19(21)26)23(32)13-31/h2-4,6,8-9,17-19,21,31H,5,7,10,12-13H2,1H3,(H,28,29,33)/t17-,18-,19-,21+/m1/s1. The smallest absolute Gasteiger partial charge is 0.309 e. The summed E-state index contributed by atoms with van der Waals surface area (Å²) in [6.45, 7) is -0.610. The summed E-state index contributed by atoms with van der Waals surface area (Å²) >= 11 is 0. The number of alkyl halides is 1. The number of piperidine rings is 1. The molecule has 2 heterocycles. The number of nitrogens with one attached hydrogen (secondary N) is 1. The molecular formula is C25H25FN4O6. The molecule has 2 fully saturated rings. The van der Waals surface area contributed by atoms with Crippen LogP contribution in [-0.4, -0.2) is 71.9 Å². The highest BCUT2D eigenvalue weighted by Crippen LogP contribution is 2.40. The molecule has 2 N–H and O–H groups in total. The lowest BCUT2D eigenvalue weighted by molar-refractivity contribution is -0.143. The lowest BCUT2D eigenvalue weighted by Gasteiger charge is -2.34. The number of hydrogen-bond acceptors (Lipinski definition) is 8. The van der Waals surface area contributed by atoms with Gasteiger partial charge in [0.25, 0.3) is 0 Å². The van der Waals surface area contributed by atoms with Gasteiger partial charge in [-0.1, -0.05) is 6.07 Å². The Bertz CT molecular complexity index is 1220. The Morgan fingerprint density at radius 1 is 1.25 bits per heavy atom. The molecular weight excluding hydrogens is 471 g/mol. The minimum atomic E-state index is -1.46. The van der Waals surface area contributed by atoms with Gasteiger partial charge in [0.15, 0.2) is 6.17 Å². The number of hydrogen-bond donors (Lipinski definition) is 2. The number of benzene rings is 1. The van der Waals surface area contributed by atoms with E-state index in [1.165, 1.54) is 18.2 Å². The van der Waals surface area contributed by atoms with E-state index < -0.39 is 42.6 Å². The van der Waals surface area contributed by atoms with Gasteiger partial charge in [-0.3, -0.25) is 14.4 Å². The lowest BCUT2D eigenvalue weighted by Crippen LogP contribution is -2.50. The molecule has 1 aliphatic carbocycles. The van der Waals surface area contributed by atoms with E-state index in [9.17, 15) is 24.0 Å². The first-order valence-electron chi connectivity index (χ1n) is 11.4. The van der Waals surface area contributed by atoms with Gasteiger partial charge in [-0.15, -0.1) is 0 Å². The van der Waals surface area contributed by atoms with Crippen molar-refractivity contribution in [3.63, 3.8) is 0 Å². The number of esters is 1. The topological polar surface area (TPSA) is 142 Å². The zero-order valence-electron chi connectivity index (χ0n) is 19.5. The van der Waals surface area contributed by atoms with Gasteiger partial charge in [0.2, 0.25) is 11.8 Å². The molecule has 1 aromatic carbocycles. The van der Waals surface area contributed by atoms with E-state index in [2.05, 4.69) is 21.1 Å². The van der Waals surface area contributed by atoms with Crippen LogP contribution in [0.2, 0.25) is 0 Å². The molecule has 2 aromatic rings. The number of carbonyl (C=O) groups is 3. The minimum absolute atomic E-state index is 0.184. The highest BCUT2D eigenvalue weighted by Gasteiger charge is 2.49. The van der Waals surface area contributed by atoms with Gasteiger partial charge in [0.05, 0.1) is 31.1 Å². The molecule has 36 heavy (non-hydrogen) atoms. The summed E-state index contributed by atoms with van der Waals surface area (Å²) in [5.74, 6) is -1.62. The number of pyridine rings is 1. The second kappa shape index (κ2) is 10.7. The van der Waals surface area contributed by atoms with Crippen molar-refractivity contribution >= 4 is 23.6 Å². The zero-order valence-corrected chi connectivity index (χ0v) is 19.5. The SMILES string of the molecule is COC(=O)[C@@H]1C[C@H]1C(=O)Nc1cc(-c2ccc(O[C@H]3CCN(C(=O)CO)C[C@H]3F)c(C#N)c2)ccn1. The van der Waals surface area contributed by atoms with Gasteiger partial charge in [0, 0.05) is 19.2 Å². The van der Waals surface area contributed by atoms with E-state index in [0.717, 1.165) is 0 Å². The van der Waals surface area contributed by atoms with Crippen molar-refractivity contribution in [1.29, 1.82) is 5.26 Å². The summed E-state index contributed by atoms with van der Waals surface area (Å²) in [4.78, 5) is 41.0. The van der Waals surface area contributed by atoms with Crippen LogP contribution in [0.25, 0.3) is 11.1 Å². The molecule has 0 radical (unpaired) electrons. The van der Waals surface area contributed by atoms with Crippen molar-refractivity contribution in [2.75, 3.05) is 32.1 Å². The normalized spacial score (nSPS) is 22.8. The Hall–Kier alpha value is -4.04. The summed E-state index contributed by atoms with van der Waals surface area (Å²) in [5, 5.41) is 21.3. The largest absolute Gasteiger partial charge is 0.486 e. The summed E-state index contributed by atoms with van der Waals surface area (Å²) < 4.78 is 25.1. The van der Waals surface area contributed by atoms with Crippen LogP contribution in [0.4, 0.5) is 10.2 Å². The maximum absolute atomic E-state index is 14.6. The predicted octanol–water partition coefficient (Wildman–Crippen LogP) is 1.68. The Morgan fingerprint density at radius 2 is 2.03 bits per heavy atom. The fraction of sp³-hybridized carbons (Fsp3) is 0.400. The fourth-order valence-corrected chi connectivity index (χ4v) is 4.20. The van der Waals surface area contributed by atoms with Gasteiger partial charge in [-0.2, -0.15) is 5.26 Å². The van der Waals surface area contributed by atoms with E-state index in [1.54, 1.807) is 30.3 Å². The molecule has 1 saturated carbocycles. The quantitative estimate of drug-likeness (QED) is 0.552. The fourth-order valence-electron chi connectivity index (χ4n) is 4.20. The number of aliphatic hydroxyl groups excluding tert-OH is 1. The molecule has 0 unspecified atom stereocenters. The number of nitrogens with zero attached hydrogens (tertiary/aromatic N) is 3. The number of anilines is 1. The third-order valence-electron chi connectivity index (χ3n) is 6.32. The number of carbonyl (C=O) groups excluding carboxylic acids is 3. The first kappa shape index (κ1) is 25.1. The average Bonchev–Trinajstić information content (AvgIpc) is 3.70. The van der Waals surface area contributed by atoms with Crippen LogP contribution in [0, 0.1) is 23.2 Å². The highest BCUT2D eigenvalue weighted by molar-refractivity contribution is 5.98. The molecule has 1 saturated heterocycles. The molecule has 1 aliphatic heterocycles. The van der Waals surface area contributed by atoms with Crippen LogP contribution in [0.1, 0.15) is 18.4 Å². The monoisotopic (exact) mass is 496 g/mol. The molecule has 0 bridgehead atoms. The van der Waals surface area contributed by atoms with Crippen molar-refractivity contribution in [2.45, 2.75) is 25.1 Å². The van der Waals surface area contributed by atoms with Gasteiger partial charge in [0.1, 0.15) is 30.3 Å². The molecule has 4 atom stereocenters. The molecule has 4 rings (SSSR count). The Kier molecular flexibility index (Phi) is 7.45. The molecule has 2 amide bonds. The van der Waals surface area contributed by atoms with E-state index in [0.29, 0.717) is 23.4 Å². The lowest BCUT2D eigenvalue weighted by atomic mass is 10.0. The number of halogens is 1. The van der Waals surface area contributed by atoms with Gasteiger partial charge >= 0.3 is 5.97 Å². The Balaban J connectivity index is 1.43. The van der Waals surface area contributed by atoms with Gasteiger partial charge < -0.3 is 24.8 Å². The van der Waals surface area contributed by atoms with Gasteiger partial charge in [-0.05, 0) is 41.8 Å². The van der Waals surface area contributed by atoms with Crippen molar-refractivity contribution < 1.29 is 33.4 Å². The van der Waals surface area contributed by atoms with E-state index in [-0.39, 0.29) is 36.7 Å².